The molecule has 0 spiro atoms. The lowest BCUT2D eigenvalue weighted by molar-refractivity contribution is 1.42. The van der Waals surface area contributed by atoms with Crippen molar-refractivity contribution in [3.05, 3.63) is 102 Å². The molecule has 0 saturated carbocycles. The van der Waals surface area contributed by atoms with Gasteiger partial charge in [-0.2, -0.15) is 0 Å². The van der Waals surface area contributed by atoms with Gasteiger partial charge in [0.05, 0.1) is 6.85 Å². The highest BCUT2D eigenvalue weighted by Crippen LogP contribution is 2.48. The lowest BCUT2D eigenvalue weighted by Gasteiger charge is -2.28. The molecule has 0 radical (unpaired) electrons. The third-order valence-electron chi connectivity index (χ3n) is 7.03. The van der Waals surface area contributed by atoms with E-state index in [0.29, 0.717) is 5.56 Å². The predicted octanol–water partition coefficient (Wildman–Crippen LogP) is 5.36. The van der Waals surface area contributed by atoms with Crippen LogP contribution in [0.1, 0.15) is 18.0 Å². The van der Waals surface area contributed by atoms with E-state index < -0.39 is 8.07 Å². The van der Waals surface area contributed by atoms with Gasteiger partial charge in [-0.3, -0.25) is 0 Å². The fraction of sp³-hybridized carbons (Fsp3) is 0.0714. The molecule has 0 N–H and O–H groups in total. The van der Waals surface area contributed by atoms with Crippen molar-refractivity contribution in [2.45, 2.75) is 22.9 Å². The van der Waals surface area contributed by atoms with Gasteiger partial charge in [-0.05, 0) is 45.0 Å². The average Bonchev–Trinajstić information content (AvgIpc) is 3.34. The molecule has 0 saturated heterocycles. The zero-order chi connectivity index (χ0) is 25.1. The average molecular weight is 433 g/mol. The van der Waals surface area contributed by atoms with Crippen molar-refractivity contribution in [2.24, 2.45) is 0 Å². The lowest BCUT2D eigenvalue weighted by atomic mass is 9.37. The Hall–Kier alpha value is -2.75. The van der Waals surface area contributed by atoms with Crippen molar-refractivity contribution in [2.75, 3.05) is 0 Å². The van der Waals surface area contributed by atoms with Crippen LogP contribution in [0, 0.1) is 0 Å². The Labute approximate surface area is 196 Å². The maximum Gasteiger partial charge on any atom is 0.245 e. The van der Waals surface area contributed by atoms with Crippen LogP contribution in [0.3, 0.4) is 0 Å². The quantitative estimate of drug-likeness (QED) is 0.364. The monoisotopic (exact) mass is 433 g/mol. The van der Waals surface area contributed by atoms with Crippen LogP contribution in [0.15, 0.2) is 101 Å². The highest BCUT2D eigenvalue weighted by Gasteiger charge is 2.51. The summed E-state index contributed by atoms with van der Waals surface area (Å²) in [5.74, 6) is 0. The summed E-state index contributed by atoms with van der Waals surface area (Å²) < 4.78 is 41.1. The third-order valence-corrected chi connectivity index (χ3v) is 11.8. The van der Waals surface area contributed by atoms with Crippen LogP contribution in [0.2, 0.25) is 13.1 Å². The molecule has 4 aromatic carbocycles. The van der Waals surface area contributed by atoms with Crippen molar-refractivity contribution < 1.29 is 6.85 Å². The van der Waals surface area contributed by atoms with Crippen LogP contribution in [0.25, 0.3) is 21.8 Å². The van der Waals surface area contributed by atoms with Gasteiger partial charge in [0.1, 0.15) is 8.07 Å². The van der Waals surface area contributed by atoms with Crippen molar-refractivity contribution in [1.29, 1.82) is 0 Å². The first-order valence-corrected chi connectivity index (χ1v) is 14.4. The van der Waals surface area contributed by atoms with Gasteiger partial charge >= 0.3 is 0 Å². The molecule has 0 unspecified atom stereocenters. The summed E-state index contributed by atoms with van der Waals surface area (Å²) in [5.41, 5.74) is 7.79. The largest absolute Gasteiger partial charge is 0.245 e. The molecule has 0 atom stereocenters. The van der Waals surface area contributed by atoms with E-state index in [-0.39, 0.29) is 42.5 Å². The summed E-state index contributed by atoms with van der Waals surface area (Å²) in [4.78, 5) is 2.34. The summed E-state index contributed by atoms with van der Waals surface area (Å²) in [5, 5.41) is 3.05. The van der Waals surface area contributed by atoms with Gasteiger partial charge < -0.3 is 0 Å². The molecule has 0 amide bonds. The Bertz CT molecular complexity index is 1680. The SMILES string of the molecule is [2H]c1c([2H])c([2H])c(-c2ccc3c(c2)Sc2cccc4c2B3C2=C4[Si](C)(C)c3ccccc32)c([2H])c1[2H]. The Kier molecular flexibility index (Phi) is 2.70. The molecule has 4 aromatic rings. The topological polar surface area (TPSA) is 0 Å². The van der Waals surface area contributed by atoms with E-state index in [1.807, 2.05) is 12.1 Å². The second-order valence-electron chi connectivity index (χ2n) is 8.96. The van der Waals surface area contributed by atoms with Crippen molar-refractivity contribution in [3.63, 3.8) is 0 Å². The third kappa shape index (κ3) is 2.28. The minimum atomic E-state index is -1.85. The maximum atomic E-state index is 8.45. The fourth-order valence-corrected chi connectivity index (χ4v) is 10.5. The molecule has 0 aromatic heterocycles. The first-order valence-electron chi connectivity index (χ1n) is 13.1. The van der Waals surface area contributed by atoms with E-state index >= 15 is 0 Å². The van der Waals surface area contributed by atoms with Crippen LogP contribution >= 0.6 is 11.8 Å². The van der Waals surface area contributed by atoms with Crippen molar-refractivity contribution in [3.8, 4) is 11.1 Å². The molecule has 0 aliphatic carbocycles. The van der Waals surface area contributed by atoms with E-state index in [1.54, 1.807) is 17.0 Å². The molecule has 0 nitrogen and oxygen atoms in total. The van der Waals surface area contributed by atoms with Crippen molar-refractivity contribution >= 4 is 53.3 Å². The summed E-state index contributed by atoms with van der Waals surface area (Å²) in [6.45, 7) is 5.08. The van der Waals surface area contributed by atoms with Gasteiger partial charge in [-0.25, -0.2) is 0 Å². The fourth-order valence-electron chi connectivity index (χ4n) is 5.78. The number of hydrogen-bond acceptors (Lipinski definition) is 1. The smallest absolute Gasteiger partial charge is 0.0911 e. The first-order chi connectivity index (χ1) is 17.2. The number of hydrogen-bond donors (Lipinski definition) is 0. The molecule has 3 aliphatic rings. The number of benzene rings is 4. The molecule has 3 heterocycles. The molecule has 0 fully saturated rings. The van der Waals surface area contributed by atoms with Gasteiger partial charge in [0.25, 0.3) is 0 Å². The zero-order valence-electron chi connectivity index (χ0n) is 22.3. The van der Waals surface area contributed by atoms with Crippen LogP contribution in [-0.4, -0.2) is 14.8 Å². The highest BCUT2D eigenvalue weighted by molar-refractivity contribution is 8.00. The second-order valence-corrected chi connectivity index (χ2v) is 14.3. The van der Waals surface area contributed by atoms with Crippen LogP contribution < -0.4 is 16.1 Å². The molecule has 3 aliphatic heterocycles. The molecule has 31 heavy (non-hydrogen) atoms. The summed E-state index contributed by atoms with van der Waals surface area (Å²) in [6.07, 6.45) is 0. The van der Waals surface area contributed by atoms with E-state index in [9.17, 15) is 0 Å². The molecular weight excluding hydrogens is 407 g/mol. The van der Waals surface area contributed by atoms with E-state index in [0.717, 1.165) is 4.90 Å². The van der Waals surface area contributed by atoms with Crippen LogP contribution in [0.4, 0.5) is 0 Å². The van der Waals surface area contributed by atoms with Gasteiger partial charge in [0.2, 0.25) is 6.71 Å². The van der Waals surface area contributed by atoms with Gasteiger partial charge in [0, 0.05) is 9.79 Å². The summed E-state index contributed by atoms with van der Waals surface area (Å²) in [7, 11) is -1.85. The number of fused-ring (bicyclic) bond motifs is 6. The normalized spacial score (nSPS) is 18.9. The highest BCUT2D eigenvalue weighted by atomic mass is 32.2. The molecular formula is C28H21BSSi. The summed E-state index contributed by atoms with van der Waals surface area (Å²) >= 11 is 1.73. The van der Waals surface area contributed by atoms with Gasteiger partial charge in [0.15, 0.2) is 0 Å². The standard InChI is InChI=1S/C28H21BSSi/c1-31(2)25-14-7-6-11-20(25)27-28(31)21-12-8-13-23-26(21)29(27)22-16-15-19(17-24(22)30-23)18-9-4-3-5-10-18/h3-17H,1-2H3/i3D,4D,5D,9D,10D. The van der Waals surface area contributed by atoms with Crippen molar-refractivity contribution in [1.82, 2.24) is 0 Å². The minimum Gasteiger partial charge on any atom is -0.0911 e. The Balaban J connectivity index is 1.47. The lowest BCUT2D eigenvalue weighted by Crippen LogP contribution is -2.48. The Morgan fingerprint density at radius 3 is 2.48 bits per heavy atom. The molecule has 3 heteroatoms. The van der Waals surface area contributed by atoms with Gasteiger partial charge in [-0.1, -0.05) is 120 Å². The van der Waals surface area contributed by atoms with E-state index in [2.05, 4.69) is 61.6 Å². The predicted molar refractivity (Wildman–Crippen MR) is 138 cm³/mol. The summed E-state index contributed by atoms with van der Waals surface area (Å²) in [6, 6.07) is 20.3. The first kappa shape index (κ1) is 13.6. The number of rotatable bonds is 1. The zero-order valence-corrected chi connectivity index (χ0v) is 19.1. The van der Waals surface area contributed by atoms with E-state index in [4.69, 9.17) is 6.85 Å². The van der Waals surface area contributed by atoms with Crippen LogP contribution in [0.5, 0.6) is 0 Å². The molecule has 146 valence electrons. The van der Waals surface area contributed by atoms with Crippen LogP contribution in [-0.2, 0) is 0 Å². The minimum absolute atomic E-state index is 0.159. The Morgan fingerprint density at radius 2 is 1.61 bits per heavy atom. The second kappa shape index (κ2) is 6.15. The van der Waals surface area contributed by atoms with E-state index in [1.165, 1.54) is 37.6 Å². The molecule has 0 bridgehead atoms. The molecule has 7 rings (SSSR count). The maximum absolute atomic E-state index is 8.45. The van der Waals surface area contributed by atoms with Gasteiger partial charge in [-0.15, -0.1) is 0 Å². The Morgan fingerprint density at radius 1 is 0.806 bits per heavy atom.